The summed E-state index contributed by atoms with van der Waals surface area (Å²) in [5.41, 5.74) is 3.02. The number of aromatic nitrogens is 4. The Kier molecular flexibility index (Phi) is 9.87. The molecule has 0 radical (unpaired) electrons. The Morgan fingerprint density at radius 1 is 1.23 bits per heavy atom. The zero-order valence-electron chi connectivity index (χ0n) is 24.0. The monoisotopic (exact) mass is 547 g/mol. The number of hydrogen-bond acceptors (Lipinski definition) is 8. The summed E-state index contributed by atoms with van der Waals surface area (Å²) in [5.74, 6) is 0.548. The first-order valence-electron chi connectivity index (χ1n) is 14.2. The van der Waals surface area contributed by atoms with Crippen LogP contribution in [0.15, 0.2) is 43.1 Å². The van der Waals surface area contributed by atoms with Gasteiger partial charge in [-0.2, -0.15) is 19.6 Å². The van der Waals surface area contributed by atoms with Crippen molar-refractivity contribution in [2.24, 2.45) is 5.92 Å². The first-order chi connectivity index (χ1) is 19.3. The Labute approximate surface area is 236 Å². The van der Waals surface area contributed by atoms with E-state index in [1.54, 1.807) is 4.52 Å². The van der Waals surface area contributed by atoms with Gasteiger partial charge in [0, 0.05) is 42.9 Å². The molecule has 0 saturated carbocycles. The molecule has 1 amide bonds. The maximum atomic E-state index is 13.2. The lowest BCUT2D eigenvalue weighted by atomic mass is 9.94. The highest BCUT2D eigenvalue weighted by molar-refractivity contribution is 5.97. The van der Waals surface area contributed by atoms with E-state index in [1.165, 1.54) is 6.08 Å². The molecule has 0 bridgehead atoms. The van der Waals surface area contributed by atoms with Crippen LogP contribution in [0.5, 0.6) is 6.01 Å². The van der Waals surface area contributed by atoms with E-state index < -0.39 is 0 Å². The van der Waals surface area contributed by atoms with Crippen molar-refractivity contribution in [1.29, 1.82) is 0 Å². The third-order valence-corrected chi connectivity index (χ3v) is 7.30. The number of piperidine rings is 1. The topological polar surface area (TPSA) is 114 Å². The molecule has 1 atom stereocenters. The summed E-state index contributed by atoms with van der Waals surface area (Å²) in [7, 11) is 2.12. The minimum absolute atomic E-state index is 0.0234. The third-order valence-electron chi connectivity index (χ3n) is 7.30. The van der Waals surface area contributed by atoms with E-state index in [1.807, 2.05) is 30.5 Å². The molecule has 2 N–H and O–H groups in total. The fraction of sp³-hybridized carbons (Fsp3) is 0.500. The van der Waals surface area contributed by atoms with Crippen LogP contribution >= 0.6 is 0 Å². The molecule has 40 heavy (non-hydrogen) atoms. The highest BCUT2D eigenvalue weighted by atomic mass is 16.5. The highest BCUT2D eigenvalue weighted by Gasteiger charge is 2.22. The Bertz CT molecular complexity index is 1330. The van der Waals surface area contributed by atoms with E-state index in [9.17, 15) is 9.59 Å². The molecule has 1 aliphatic rings. The smallest absolute Gasteiger partial charge is 0.322 e. The molecule has 3 aromatic rings. The largest absolute Gasteiger partial charge is 0.460 e. The fourth-order valence-corrected chi connectivity index (χ4v) is 4.95. The number of carbonyl (C=O) groups is 2. The zero-order chi connectivity index (χ0) is 28.6. The molecule has 214 valence electrons. The summed E-state index contributed by atoms with van der Waals surface area (Å²) in [4.78, 5) is 36.5. The van der Waals surface area contributed by atoms with Crippen LogP contribution in [0.2, 0.25) is 0 Å². The summed E-state index contributed by atoms with van der Waals surface area (Å²) in [6, 6.07) is 7.70. The average molecular weight is 548 g/mol. The Morgan fingerprint density at radius 2 is 2.00 bits per heavy atom. The van der Waals surface area contributed by atoms with E-state index in [0.717, 1.165) is 44.3 Å². The number of rotatable bonds is 13. The SMILES string of the molecule is C=CC(=O)NCC(CCC)CC(=O)c1cccc(Nc2nc(OC3CCN(C)CC3)nc3c(C(C)C)cnn23)c1. The summed E-state index contributed by atoms with van der Waals surface area (Å²) in [6.07, 6.45) is 7.09. The molecule has 0 aliphatic carbocycles. The number of likely N-dealkylation sites (tertiary alicyclic amines) is 1. The van der Waals surface area contributed by atoms with Crippen molar-refractivity contribution in [2.45, 2.75) is 64.9 Å². The molecule has 4 rings (SSSR count). The van der Waals surface area contributed by atoms with Crippen LogP contribution in [0.3, 0.4) is 0 Å². The van der Waals surface area contributed by atoms with Crippen LogP contribution in [-0.2, 0) is 4.79 Å². The average Bonchev–Trinajstić information content (AvgIpc) is 3.38. The van der Waals surface area contributed by atoms with Crippen molar-refractivity contribution in [1.82, 2.24) is 29.8 Å². The lowest BCUT2D eigenvalue weighted by molar-refractivity contribution is -0.116. The van der Waals surface area contributed by atoms with Crippen molar-refractivity contribution in [3.8, 4) is 6.01 Å². The van der Waals surface area contributed by atoms with Gasteiger partial charge >= 0.3 is 6.01 Å². The van der Waals surface area contributed by atoms with Crippen molar-refractivity contribution in [2.75, 3.05) is 32.0 Å². The number of ether oxygens (including phenoxy) is 1. The second-order valence-corrected chi connectivity index (χ2v) is 10.9. The Balaban J connectivity index is 1.55. The van der Waals surface area contributed by atoms with Crippen LogP contribution in [0.25, 0.3) is 5.65 Å². The molecule has 0 spiro atoms. The summed E-state index contributed by atoms with van der Waals surface area (Å²) < 4.78 is 7.94. The predicted molar refractivity (Wildman–Crippen MR) is 156 cm³/mol. The van der Waals surface area contributed by atoms with Gasteiger partial charge in [0.2, 0.25) is 11.9 Å². The Hall–Kier alpha value is -3.79. The minimum Gasteiger partial charge on any atom is -0.460 e. The number of ketones is 1. The van der Waals surface area contributed by atoms with Gasteiger partial charge in [-0.25, -0.2) is 0 Å². The van der Waals surface area contributed by atoms with Crippen molar-refractivity contribution in [3.05, 3.63) is 54.2 Å². The highest BCUT2D eigenvalue weighted by Crippen LogP contribution is 2.26. The number of Topliss-reactive ketones (excluding diaryl/α,β-unsaturated/α-hetero) is 1. The number of anilines is 2. The van der Waals surface area contributed by atoms with Crippen LogP contribution in [0.1, 0.15) is 74.7 Å². The second kappa shape index (κ2) is 13.5. The number of nitrogens with zero attached hydrogens (tertiary/aromatic N) is 5. The lowest BCUT2D eigenvalue weighted by Crippen LogP contribution is -2.36. The standard InChI is InChI=1S/C30H41N7O3/c1-6-9-21(18-31-27(39)7-2)16-26(38)22-10-8-11-23(17-22)33-29-35-30(40-24-12-14-36(5)15-13-24)34-28-25(20(3)4)19-32-37(28)29/h7-8,10-11,17,19-21,24H,2,6,9,12-16,18H2,1,3-5H3,(H,31,39)(H,33,34,35). The lowest BCUT2D eigenvalue weighted by Gasteiger charge is -2.28. The van der Waals surface area contributed by atoms with Gasteiger partial charge in [0.05, 0.1) is 6.20 Å². The third kappa shape index (κ3) is 7.44. The van der Waals surface area contributed by atoms with Crippen LogP contribution in [-0.4, -0.2) is 69.0 Å². The molecule has 10 nitrogen and oxygen atoms in total. The van der Waals surface area contributed by atoms with Crippen LogP contribution < -0.4 is 15.4 Å². The van der Waals surface area contributed by atoms with E-state index >= 15 is 0 Å². The van der Waals surface area contributed by atoms with Gasteiger partial charge in [-0.15, -0.1) is 0 Å². The number of nitrogens with one attached hydrogen (secondary N) is 2. The van der Waals surface area contributed by atoms with E-state index in [0.29, 0.717) is 41.8 Å². The number of amides is 1. The molecule has 10 heteroatoms. The molecule has 2 aromatic heterocycles. The van der Waals surface area contributed by atoms with Crippen LogP contribution in [0.4, 0.5) is 11.6 Å². The van der Waals surface area contributed by atoms with Crippen molar-refractivity contribution in [3.63, 3.8) is 0 Å². The number of fused-ring (bicyclic) bond motifs is 1. The number of benzene rings is 1. The van der Waals surface area contributed by atoms with Gasteiger partial charge in [-0.3, -0.25) is 9.59 Å². The van der Waals surface area contributed by atoms with Gasteiger partial charge in [-0.05, 0) is 56.4 Å². The maximum Gasteiger partial charge on any atom is 0.322 e. The van der Waals surface area contributed by atoms with E-state index in [2.05, 4.69) is 60.0 Å². The summed E-state index contributed by atoms with van der Waals surface area (Å²) >= 11 is 0. The molecule has 1 unspecified atom stereocenters. The van der Waals surface area contributed by atoms with E-state index in [4.69, 9.17) is 9.72 Å². The van der Waals surface area contributed by atoms with Crippen LogP contribution in [0, 0.1) is 5.92 Å². The maximum absolute atomic E-state index is 13.2. The van der Waals surface area contributed by atoms with Gasteiger partial charge in [0.15, 0.2) is 11.4 Å². The number of carbonyl (C=O) groups excluding carboxylic acids is 2. The normalized spacial score (nSPS) is 15.2. The van der Waals surface area contributed by atoms with Gasteiger partial charge in [-0.1, -0.05) is 45.9 Å². The summed E-state index contributed by atoms with van der Waals surface area (Å²) in [5, 5.41) is 10.7. The summed E-state index contributed by atoms with van der Waals surface area (Å²) in [6.45, 7) is 12.2. The molecule has 1 saturated heterocycles. The first-order valence-corrected chi connectivity index (χ1v) is 14.2. The second-order valence-electron chi connectivity index (χ2n) is 10.9. The van der Waals surface area contributed by atoms with Crippen molar-refractivity contribution >= 4 is 29.0 Å². The predicted octanol–water partition coefficient (Wildman–Crippen LogP) is 4.76. The molecule has 1 aliphatic heterocycles. The minimum atomic E-state index is -0.227. The van der Waals surface area contributed by atoms with Gasteiger partial charge in [0.1, 0.15) is 6.10 Å². The molecule has 3 heterocycles. The molecular weight excluding hydrogens is 506 g/mol. The zero-order valence-corrected chi connectivity index (χ0v) is 24.0. The van der Waals surface area contributed by atoms with Crippen molar-refractivity contribution < 1.29 is 14.3 Å². The first kappa shape index (κ1) is 29.2. The number of hydrogen-bond donors (Lipinski definition) is 2. The molecular formula is C30H41N7O3. The van der Waals surface area contributed by atoms with E-state index in [-0.39, 0.29) is 29.6 Å². The molecule has 1 aromatic carbocycles. The fourth-order valence-electron chi connectivity index (χ4n) is 4.95. The Morgan fingerprint density at radius 3 is 2.70 bits per heavy atom. The quantitative estimate of drug-likeness (QED) is 0.233. The van der Waals surface area contributed by atoms with Gasteiger partial charge in [0.25, 0.3) is 0 Å². The molecule has 1 fully saturated rings. The van der Waals surface area contributed by atoms with Gasteiger partial charge < -0.3 is 20.3 Å².